The predicted octanol–water partition coefficient (Wildman–Crippen LogP) is 8.21. The Hall–Kier alpha value is -0.590. The van der Waals surface area contributed by atoms with Crippen molar-refractivity contribution in [1.82, 2.24) is 0 Å². The molecular formula is C24H45O2P. The van der Waals surface area contributed by atoms with Crippen molar-refractivity contribution in [2.75, 3.05) is 6.66 Å². The SMILES string of the molecule is CCC.CCCCC(CC)OC(C)Oc1ccc(C(CC(C)C)PC)cc1. The Bertz CT molecular complexity index is 444. The van der Waals surface area contributed by atoms with Crippen molar-refractivity contribution in [3.05, 3.63) is 29.8 Å². The van der Waals surface area contributed by atoms with Crippen LogP contribution >= 0.6 is 8.58 Å². The van der Waals surface area contributed by atoms with Crippen molar-refractivity contribution in [2.45, 2.75) is 105 Å². The first-order chi connectivity index (χ1) is 12.9. The summed E-state index contributed by atoms with van der Waals surface area (Å²) in [5.74, 6) is 1.64. The highest BCUT2D eigenvalue weighted by Gasteiger charge is 2.14. The molecule has 0 aromatic heterocycles. The van der Waals surface area contributed by atoms with Gasteiger partial charge in [0.15, 0.2) is 6.29 Å². The summed E-state index contributed by atoms with van der Waals surface area (Å²) in [6, 6.07) is 8.63. The van der Waals surface area contributed by atoms with E-state index in [9.17, 15) is 0 Å². The van der Waals surface area contributed by atoms with Crippen LogP contribution in [0.1, 0.15) is 98.2 Å². The van der Waals surface area contributed by atoms with E-state index in [1.165, 1.54) is 31.2 Å². The third kappa shape index (κ3) is 12.5. The van der Waals surface area contributed by atoms with E-state index in [0.717, 1.165) is 33.1 Å². The zero-order valence-corrected chi connectivity index (χ0v) is 20.2. The molecule has 0 amide bonds. The molecule has 0 spiro atoms. The van der Waals surface area contributed by atoms with E-state index in [4.69, 9.17) is 9.47 Å². The van der Waals surface area contributed by atoms with Crippen LogP contribution in [-0.2, 0) is 4.74 Å². The van der Waals surface area contributed by atoms with Crippen LogP contribution in [0.4, 0.5) is 0 Å². The molecule has 27 heavy (non-hydrogen) atoms. The molecule has 0 saturated heterocycles. The average molecular weight is 397 g/mol. The molecule has 2 nitrogen and oxygen atoms in total. The number of unbranched alkanes of at least 4 members (excludes halogenated alkanes) is 1. The Labute approximate surface area is 171 Å². The Balaban J connectivity index is 0.00000210. The Morgan fingerprint density at radius 1 is 0.963 bits per heavy atom. The summed E-state index contributed by atoms with van der Waals surface area (Å²) in [5.41, 5.74) is 2.10. The lowest BCUT2D eigenvalue weighted by Gasteiger charge is -2.23. The summed E-state index contributed by atoms with van der Waals surface area (Å²) >= 11 is 0. The van der Waals surface area contributed by atoms with Crippen LogP contribution in [0.25, 0.3) is 0 Å². The van der Waals surface area contributed by atoms with E-state index >= 15 is 0 Å². The number of ether oxygens (including phenoxy) is 2. The fraction of sp³-hybridized carbons (Fsp3) is 0.750. The topological polar surface area (TPSA) is 18.5 Å². The maximum absolute atomic E-state index is 6.04. The Morgan fingerprint density at radius 2 is 1.56 bits per heavy atom. The molecule has 0 fully saturated rings. The van der Waals surface area contributed by atoms with Gasteiger partial charge in [0, 0.05) is 5.66 Å². The fourth-order valence-electron chi connectivity index (χ4n) is 2.96. The number of benzene rings is 1. The molecule has 1 rings (SSSR count). The van der Waals surface area contributed by atoms with Gasteiger partial charge in [-0.05, 0) is 56.5 Å². The van der Waals surface area contributed by atoms with E-state index < -0.39 is 0 Å². The number of rotatable bonds is 12. The summed E-state index contributed by atoms with van der Waals surface area (Å²) in [5, 5.41) is 0. The van der Waals surface area contributed by atoms with Gasteiger partial charge in [-0.3, -0.25) is 0 Å². The highest BCUT2D eigenvalue weighted by atomic mass is 31.1. The molecule has 1 aromatic rings. The summed E-state index contributed by atoms with van der Waals surface area (Å²) in [6.45, 7) is 17.5. The normalized spacial score (nSPS) is 14.7. The lowest BCUT2D eigenvalue weighted by atomic mass is 10.0. The molecule has 4 atom stereocenters. The second-order valence-corrected chi connectivity index (χ2v) is 9.02. The van der Waals surface area contributed by atoms with Gasteiger partial charge in [0.1, 0.15) is 5.75 Å². The molecule has 0 radical (unpaired) electrons. The molecule has 0 N–H and O–H groups in total. The fourth-order valence-corrected chi connectivity index (χ4v) is 4.19. The molecule has 0 bridgehead atoms. The van der Waals surface area contributed by atoms with Crippen LogP contribution in [0.2, 0.25) is 0 Å². The van der Waals surface area contributed by atoms with Crippen LogP contribution in [0, 0.1) is 5.92 Å². The van der Waals surface area contributed by atoms with E-state index in [1.807, 2.05) is 6.92 Å². The van der Waals surface area contributed by atoms with Gasteiger partial charge in [-0.1, -0.05) is 72.9 Å². The van der Waals surface area contributed by atoms with Crippen molar-refractivity contribution in [1.29, 1.82) is 0 Å². The Morgan fingerprint density at radius 3 is 2.00 bits per heavy atom. The standard InChI is InChI=1S/C21H37O2P.C3H8/c1-7-9-10-19(8-2)22-17(5)23-20-13-11-18(12-14-20)21(24-6)15-16(3)4;1-3-2/h11-14,16-17,19,21,24H,7-10,15H2,1-6H3;3H2,1-2H3. The highest BCUT2D eigenvalue weighted by Crippen LogP contribution is 2.37. The van der Waals surface area contributed by atoms with E-state index in [1.54, 1.807) is 0 Å². The molecule has 0 aliphatic heterocycles. The molecule has 4 unspecified atom stereocenters. The quantitative estimate of drug-likeness (QED) is 0.262. The molecule has 0 aliphatic carbocycles. The van der Waals surface area contributed by atoms with Crippen LogP contribution < -0.4 is 4.74 Å². The van der Waals surface area contributed by atoms with Crippen molar-refractivity contribution < 1.29 is 9.47 Å². The minimum Gasteiger partial charge on any atom is -0.465 e. The van der Waals surface area contributed by atoms with Crippen molar-refractivity contribution in [2.24, 2.45) is 5.92 Å². The minimum atomic E-state index is -0.197. The monoisotopic (exact) mass is 396 g/mol. The number of hydrogen-bond donors (Lipinski definition) is 0. The smallest absolute Gasteiger partial charge is 0.197 e. The molecule has 158 valence electrons. The zero-order valence-electron chi connectivity index (χ0n) is 19.2. The third-order valence-electron chi connectivity index (χ3n) is 4.36. The van der Waals surface area contributed by atoms with Crippen LogP contribution in [-0.4, -0.2) is 19.1 Å². The van der Waals surface area contributed by atoms with Crippen molar-refractivity contribution >= 4 is 8.58 Å². The summed E-state index contributed by atoms with van der Waals surface area (Å²) < 4.78 is 12.0. The second kappa shape index (κ2) is 16.4. The minimum absolute atomic E-state index is 0.197. The first kappa shape index (κ1) is 26.4. The second-order valence-electron chi connectivity index (χ2n) is 7.74. The van der Waals surface area contributed by atoms with Gasteiger partial charge in [-0.2, -0.15) is 0 Å². The van der Waals surface area contributed by atoms with Gasteiger partial charge in [0.25, 0.3) is 0 Å². The van der Waals surface area contributed by atoms with Crippen LogP contribution in [0.5, 0.6) is 5.75 Å². The zero-order chi connectivity index (χ0) is 20.7. The maximum atomic E-state index is 6.04. The first-order valence-corrected chi connectivity index (χ1v) is 12.6. The first-order valence-electron chi connectivity index (χ1n) is 11.0. The van der Waals surface area contributed by atoms with Crippen molar-refractivity contribution in [3.63, 3.8) is 0 Å². The highest BCUT2D eigenvalue weighted by molar-refractivity contribution is 7.37. The summed E-state index contributed by atoms with van der Waals surface area (Å²) in [6.07, 6.45) is 7.20. The summed E-state index contributed by atoms with van der Waals surface area (Å²) in [7, 11) is 0.942. The van der Waals surface area contributed by atoms with Gasteiger partial charge in [-0.25, -0.2) is 0 Å². The van der Waals surface area contributed by atoms with Gasteiger partial charge >= 0.3 is 0 Å². The van der Waals surface area contributed by atoms with Crippen molar-refractivity contribution in [3.8, 4) is 5.75 Å². The Kier molecular flexibility index (Phi) is 16.0. The third-order valence-corrected chi connectivity index (χ3v) is 5.63. The maximum Gasteiger partial charge on any atom is 0.197 e. The molecule has 3 heteroatoms. The molecule has 0 saturated carbocycles. The lowest BCUT2D eigenvalue weighted by molar-refractivity contribution is -0.111. The largest absolute Gasteiger partial charge is 0.465 e. The predicted molar refractivity (Wildman–Crippen MR) is 124 cm³/mol. The van der Waals surface area contributed by atoms with Gasteiger partial charge in [-0.15, -0.1) is 8.58 Å². The van der Waals surface area contributed by atoms with E-state index in [2.05, 4.69) is 72.5 Å². The molecule has 0 aliphatic rings. The van der Waals surface area contributed by atoms with Crippen LogP contribution in [0.15, 0.2) is 24.3 Å². The van der Waals surface area contributed by atoms with E-state index in [-0.39, 0.29) is 6.29 Å². The number of hydrogen-bond acceptors (Lipinski definition) is 2. The van der Waals surface area contributed by atoms with Crippen LogP contribution in [0.3, 0.4) is 0 Å². The van der Waals surface area contributed by atoms with Gasteiger partial charge in [0.05, 0.1) is 6.10 Å². The molecule has 0 heterocycles. The van der Waals surface area contributed by atoms with Gasteiger partial charge in [0.2, 0.25) is 0 Å². The lowest BCUT2D eigenvalue weighted by Crippen LogP contribution is -2.24. The van der Waals surface area contributed by atoms with E-state index in [0.29, 0.717) is 11.8 Å². The van der Waals surface area contributed by atoms with Gasteiger partial charge < -0.3 is 9.47 Å². The summed E-state index contributed by atoms with van der Waals surface area (Å²) in [4.78, 5) is 0. The average Bonchev–Trinajstić information content (AvgIpc) is 2.64. The molecule has 1 aromatic carbocycles. The molecular weight excluding hydrogens is 351 g/mol.